The normalized spacial score (nSPS) is 19.0. The van der Waals surface area contributed by atoms with Crippen molar-refractivity contribution < 1.29 is 15.0 Å². The first kappa shape index (κ1) is 13.4. The molecule has 5 nitrogen and oxygen atoms in total. The molecule has 1 saturated heterocycles. The van der Waals surface area contributed by atoms with Crippen molar-refractivity contribution in [2.24, 2.45) is 11.8 Å². The number of rotatable bonds is 6. The van der Waals surface area contributed by atoms with Crippen molar-refractivity contribution in [3.63, 3.8) is 0 Å². The van der Waals surface area contributed by atoms with Gasteiger partial charge in [-0.05, 0) is 25.4 Å². The van der Waals surface area contributed by atoms with Gasteiger partial charge < -0.3 is 20.8 Å². The Morgan fingerprint density at radius 3 is 2.38 bits per heavy atom. The third-order valence-corrected chi connectivity index (χ3v) is 3.60. The molecule has 1 heterocycles. The lowest BCUT2D eigenvalue weighted by Gasteiger charge is -2.36. The maximum atomic E-state index is 11.9. The topological polar surface area (TPSA) is 81.6 Å². The van der Waals surface area contributed by atoms with Crippen molar-refractivity contribution in [1.29, 1.82) is 0 Å². The summed E-state index contributed by atoms with van der Waals surface area (Å²) < 4.78 is 0. The Labute approximate surface area is 96.2 Å². The van der Waals surface area contributed by atoms with Crippen molar-refractivity contribution in [3.8, 4) is 0 Å². The minimum Gasteiger partial charge on any atom is -0.394 e. The van der Waals surface area contributed by atoms with E-state index in [2.05, 4.69) is 10.6 Å². The lowest BCUT2D eigenvalue weighted by atomic mass is 9.87. The van der Waals surface area contributed by atoms with Gasteiger partial charge in [-0.15, -0.1) is 0 Å². The molecule has 0 aromatic rings. The number of carbonyl (C=O) groups excluding carboxylic acids is 1. The molecule has 16 heavy (non-hydrogen) atoms. The Bertz CT molecular complexity index is 229. The Kier molecular flexibility index (Phi) is 4.70. The first-order valence-electron chi connectivity index (χ1n) is 5.83. The van der Waals surface area contributed by atoms with E-state index >= 15 is 0 Å². The van der Waals surface area contributed by atoms with Crippen molar-refractivity contribution in [1.82, 2.24) is 10.6 Å². The van der Waals surface area contributed by atoms with Crippen molar-refractivity contribution in [2.45, 2.75) is 25.8 Å². The standard InChI is InChI=1S/C11H22N2O3/c1-3-11(6-14,7-15)13-10(16)8(2)9-4-12-5-9/h8-9,12,14-15H,3-7H2,1-2H3,(H,13,16). The largest absolute Gasteiger partial charge is 0.394 e. The SMILES string of the molecule is CCC(CO)(CO)NC(=O)C(C)C1CNC1. The zero-order chi connectivity index (χ0) is 12.2. The molecule has 0 bridgehead atoms. The van der Waals surface area contributed by atoms with Crippen LogP contribution in [0.5, 0.6) is 0 Å². The Balaban J connectivity index is 2.53. The van der Waals surface area contributed by atoms with Crippen molar-refractivity contribution in [2.75, 3.05) is 26.3 Å². The van der Waals surface area contributed by atoms with E-state index in [1.807, 2.05) is 13.8 Å². The van der Waals surface area contributed by atoms with E-state index in [1.54, 1.807) is 0 Å². The van der Waals surface area contributed by atoms with E-state index in [0.717, 1.165) is 13.1 Å². The van der Waals surface area contributed by atoms with Crippen LogP contribution in [-0.2, 0) is 4.79 Å². The Morgan fingerprint density at radius 1 is 1.50 bits per heavy atom. The minimum absolute atomic E-state index is 0.0784. The van der Waals surface area contributed by atoms with Gasteiger partial charge in [0.25, 0.3) is 0 Å². The lowest BCUT2D eigenvalue weighted by Crippen LogP contribution is -2.58. The molecule has 0 radical (unpaired) electrons. The second-order valence-corrected chi connectivity index (χ2v) is 4.65. The maximum absolute atomic E-state index is 11.9. The van der Waals surface area contributed by atoms with Gasteiger partial charge in [0, 0.05) is 5.92 Å². The summed E-state index contributed by atoms with van der Waals surface area (Å²) >= 11 is 0. The second-order valence-electron chi connectivity index (χ2n) is 4.65. The molecular weight excluding hydrogens is 208 g/mol. The van der Waals surface area contributed by atoms with Crippen LogP contribution in [0, 0.1) is 11.8 Å². The fraction of sp³-hybridized carbons (Fsp3) is 0.909. The highest BCUT2D eigenvalue weighted by Gasteiger charge is 2.34. The first-order chi connectivity index (χ1) is 7.58. The van der Waals surface area contributed by atoms with Crippen LogP contribution >= 0.6 is 0 Å². The van der Waals surface area contributed by atoms with Gasteiger partial charge in [-0.2, -0.15) is 0 Å². The molecule has 1 atom stereocenters. The molecule has 94 valence electrons. The van der Waals surface area contributed by atoms with Crippen LogP contribution in [-0.4, -0.2) is 48.0 Å². The van der Waals surface area contributed by atoms with Crippen LogP contribution in [0.25, 0.3) is 0 Å². The fourth-order valence-corrected chi connectivity index (χ4v) is 1.69. The lowest BCUT2D eigenvalue weighted by molar-refractivity contribution is -0.130. The van der Waals surface area contributed by atoms with Gasteiger partial charge in [0.05, 0.1) is 18.8 Å². The van der Waals surface area contributed by atoms with Crippen LogP contribution in [0.2, 0.25) is 0 Å². The second kappa shape index (κ2) is 5.61. The van der Waals surface area contributed by atoms with Gasteiger partial charge in [0.15, 0.2) is 0 Å². The third-order valence-electron chi connectivity index (χ3n) is 3.60. The summed E-state index contributed by atoms with van der Waals surface area (Å²) in [5.41, 5.74) is -0.873. The monoisotopic (exact) mass is 230 g/mol. The molecule has 0 spiro atoms. The molecule has 1 amide bonds. The van der Waals surface area contributed by atoms with Gasteiger partial charge in [-0.25, -0.2) is 0 Å². The first-order valence-corrected chi connectivity index (χ1v) is 5.83. The predicted molar refractivity (Wildman–Crippen MR) is 60.9 cm³/mol. The van der Waals surface area contributed by atoms with E-state index < -0.39 is 5.54 Å². The third kappa shape index (κ3) is 2.72. The predicted octanol–water partition coefficient (Wildman–Crippen LogP) is -0.908. The minimum atomic E-state index is -0.873. The van der Waals surface area contributed by atoms with Crippen LogP contribution in [0.3, 0.4) is 0 Å². The zero-order valence-corrected chi connectivity index (χ0v) is 9.99. The summed E-state index contributed by atoms with van der Waals surface area (Å²) in [5, 5.41) is 24.3. The van der Waals surface area contributed by atoms with Crippen molar-refractivity contribution in [3.05, 3.63) is 0 Å². The summed E-state index contributed by atoms with van der Waals surface area (Å²) in [5.74, 6) is 0.202. The molecule has 4 N–H and O–H groups in total. The van der Waals surface area contributed by atoms with E-state index in [-0.39, 0.29) is 25.0 Å². The molecule has 5 heteroatoms. The summed E-state index contributed by atoms with van der Waals surface area (Å²) in [6, 6.07) is 0. The average Bonchev–Trinajstić information content (AvgIpc) is 2.23. The highest BCUT2D eigenvalue weighted by Crippen LogP contribution is 2.18. The zero-order valence-electron chi connectivity index (χ0n) is 9.99. The molecule has 1 fully saturated rings. The Hall–Kier alpha value is -0.650. The van der Waals surface area contributed by atoms with Crippen molar-refractivity contribution >= 4 is 5.91 Å². The number of nitrogens with one attached hydrogen (secondary N) is 2. The van der Waals surface area contributed by atoms with Gasteiger partial charge >= 0.3 is 0 Å². The summed E-state index contributed by atoms with van der Waals surface area (Å²) in [6.07, 6.45) is 0.515. The summed E-state index contributed by atoms with van der Waals surface area (Å²) in [6.45, 7) is 4.99. The van der Waals surface area contributed by atoms with Crippen LogP contribution in [0.1, 0.15) is 20.3 Å². The molecule has 0 aromatic heterocycles. The maximum Gasteiger partial charge on any atom is 0.223 e. The number of hydrogen-bond donors (Lipinski definition) is 4. The molecule has 0 saturated carbocycles. The van der Waals surface area contributed by atoms with Gasteiger partial charge in [0.2, 0.25) is 5.91 Å². The number of amides is 1. The molecule has 1 aliphatic rings. The summed E-state index contributed by atoms with van der Waals surface area (Å²) in [4.78, 5) is 11.9. The van der Waals surface area contributed by atoms with E-state index in [9.17, 15) is 15.0 Å². The highest BCUT2D eigenvalue weighted by molar-refractivity contribution is 5.79. The molecule has 1 unspecified atom stereocenters. The van der Waals surface area contributed by atoms with Gasteiger partial charge in [0.1, 0.15) is 0 Å². The van der Waals surface area contributed by atoms with E-state index in [0.29, 0.717) is 12.3 Å². The smallest absolute Gasteiger partial charge is 0.223 e. The fourth-order valence-electron chi connectivity index (χ4n) is 1.69. The number of aliphatic hydroxyl groups is 2. The summed E-state index contributed by atoms with van der Waals surface area (Å²) in [7, 11) is 0. The van der Waals surface area contributed by atoms with Gasteiger partial charge in [-0.3, -0.25) is 4.79 Å². The molecule has 0 aliphatic carbocycles. The molecule has 1 aliphatic heterocycles. The van der Waals surface area contributed by atoms with Crippen LogP contribution in [0.15, 0.2) is 0 Å². The average molecular weight is 230 g/mol. The van der Waals surface area contributed by atoms with Gasteiger partial charge in [-0.1, -0.05) is 13.8 Å². The number of hydrogen-bond acceptors (Lipinski definition) is 4. The molecular formula is C11H22N2O3. The molecule has 1 rings (SSSR count). The van der Waals surface area contributed by atoms with Crippen LogP contribution in [0.4, 0.5) is 0 Å². The Morgan fingerprint density at radius 2 is 2.06 bits per heavy atom. The van der Waals surface area contributed by atoms with E-state index in [4.69, 9.17) is 0 Å². The number of carbonyl (C=O) groups is 1. The quantitative estimate of drug-likeness (QED) is 0.476. The van der Waals surface area contributed by atoms with E-state index in [1.165, 1.54) is 0 Å². The highest BCUT2D eigenvalue weighted by atomic mass is 16.3. The number of aliphatic hydroxyl groups excluding tert-OH is 2. The molecule has 0 aromatic carbocycles. The van der Waals surface area contributed by atoms with Crippen LogP contribution < -0.4 is 10.6 Å².